The van der Waals surface area contributed by atoms with Gasteiger partial charge >= 0.3 is 5.97 Å². The molecule has 15 heavy (non-hydrogen) atoms. The summed E-state index contributed by atoms with van der Waals surface area (Å²) >= 11 is 5.84. The van der Waals surface area contributed by atoms with Crippen LogP contribution >= 0.6 is 11.6 Å². The van der Waals surface area contributed by atoms with E-state index in [-0.39, 0.29) is 4.91 Å². The second-order valence-corrected chi connectivity index (χ2v) is 4.54. The van der Waals surface area contributed by atoms with E-state index in [0.717, 1.165) is 0 Å². The number of rotatable bonds is 3. The van der Waals surface area contributed by atoms with Gasteiger partial charge in [0.15, 0.2) is 0 Å². The van der Waals surface area contributed by atoms with Gasteiger partial charge in [0.05, 0.1) is 10.8 Å². The number of hydrogen-bond donors (Lipinski definition) is 1. The Morgan fingerprint density at radius 3 is 2.53 bits per heavy atom. The highest BCUT2D eigenvalue weighted by Gasteiger charge is 2.12. The molecule has 0 saturated carbocycles. The molecule has 0 aliphatic rings. The van der Waals surface area contributed by atoms with Gasteiger partial charge in [0.25, 0.3) is 0 Å². The predicted molar refractivity (Wildman–Crippen MR) is 61.1 cm³/mol. The topological polar surface area (TPSA) is 54.4 Å². The molecule has 0 heterocycles. The van der Waals surface area contributed by atoms with E-state index in [0.29, 0.717) is 10.6 Å². The van der Waals surface area contributed by atoms with Crippen LogP contribution in [0.3, 0.4) is 0 Å². The second-order valence-electron chi connectivity index (χ2n) is 2.79. The maximum absolute atomic E-state index is 11.1. The van der Waals surface area contributed by atoms with Gasteiger partial charge < -0.3 is 5.11 Å². The van der Waals surface area contributed by atoms with Gasteiger partial charge in [-0.3, -0.25) is 4.21 Å². The lowest BCUT2D eigenvalue weighted by atomic mass is 10.2. The summed E-state index contributed by atoms with van der Waals surface area (Å²) in [6.45, 7) is 0. The average molecular weight is 245 g/mol. The van der Waals surface area contributed by atoms with E-state index in [1.54, 1.807) is 24.3 Å². The van der Waals surface area contributed by atoms with Crippen molar-refractivity contribution in [2.75, 3.05) is 6.26 Å². The molecule has 0 fully saturated rings. The van der Waals surface area contributed by atoms with Crippen molar-refractivity contribution in [1.82, 2.24) is 0 Å². The summed E-state index contributed by atoms with van der Waals surface area (Å²) in [5.41, 5.74) is 0.548. The van der Waals surface area contributed by atoms with Crippen molar-refractivity contribution in [3.05, 3.63) is 39.8 Å². The molecule has 0 saturated heterocycles. The minimum absolute atomic E-state index is 0.164. The smallest absolute Gasteiger partial charge is 0.344 e. The average Bonchev–Trinajstić information content (AvgIpc) is 2.15. The van der Waals surface area contributed by atoms with Gasteiger partial charge in [-0.25, -0.2) is 4.79 Å². The summed E-state index contributed by atoms with van der Waals surface area (Å²) in [5, 5.41) is 9.22. The molecule has 1 aromatic rings. The van der Waals surface area contributed by atoms with Crippen molar-refractivity contribution in [2.45, 2.75) is 0 Å². The summed E-state index contributed by atoms with van der Waals surface area (Å²) < 4.78 is 11.1. The highest BCUT2D eigenvalue weighted by atomic mass is 35.5. The van der Waals surface area contributed by atoms with E-state index in [1.165, 1.54) is 12.3 Å². The third-order valence-corrected chi connectivity index (χ3v) is 2.97. The molecule has 0 aliphatic heterocycles. The minimum atomic E-state index is -1.54. The Morgan fingerprint density at radius 2 is 2.07 bits per heavy atom. The Labute approximate surface area is 94.8 Å². The Morgan fingerprint density at radius 1 is 1.47 bits per heavy atom. The molecule has 1 atom stereocenters. The van der Waals surface area contributed by atoms with Crippen LogP contribution in [0.1, 0.15) is 5.56 Å². The molecule has 0 aromatic heterocycles. The molecule has 80 valence electrons. The molecule has 3 nitrogen and oxygen atoms in total. The fourth-order valence-electron chi connectivity index (χ4n) is 1.00. The standard InChI is InChI=1S/C10H9ClO3S/c1-15(14)9(10(12)13)6-7-4-2-3-5-8(7)11/h2-6H,1H3,(H,12,13)/b9-6+. The first-order valence-electron chi connectivity index (χ1n) is 4.05. The van der Waals surface area contributed by atoms with Crippen LogP contribution in [0.4, 0.5) is 0 Å². The number of aliphatic carboxylic acids is 1. The molecule has 5 heteroatoms. The van der Waals surface area contributed by atoms with E-state index in [4.69, 9.17) is 16.7 Å². The van der Waals surface area contributed by atoms with Crippen LogP contribution in [-0.2, 0) is 15.6 Å². The second kappa shape index (κ2) is 5.09. The molecular weight excluding hydrogens is 236 g/mol. The molecule has 1 N–H and O–H groups in total. The highest BCUT2D eigenvalue weighted by molar-refractivity contribution is 7.89. The zero-order valence-corrected chi connectivity index (χ0v) is 9.51. The molecular formula is C10H9ClO3S. The quantitative estimate of drug-likeness (QED) is 0.829. The van der Waals surface area contributed by atoms with Gasteiger partial charge in [-0.1, -0.05) is 29.8 Å². The normalized spacial score (nSPS) is 13.6. The Balaban J connectivity index is 3.19. The van der Waals surface area contributed by atoms with Crippen LogP contribution in [0.2, 0.25) is 5.02 Å². The van der Waals surface area contributed by atoms with E-state index < -0.39 is 16.8 Å². The predicted octanol–water partition coefficient (Wildman–Crippen LogP) is 2.14. The number of carboxylic acid groups (broad SMARTS) is 1. The van der Waals surface area contributed by atoms with Crippen molar-refractivity contribution in [3.8, 4) is 0 Å². The first-order valence-corrected chi connectivity index (χ1v) is 5.99. The molecule has 0 aliphatic carbocycles. The first-order chi connectivity index (χ1) is 7.02. The summed E-state index contributed by atoms with van der Waals surface area (Å²) in [6.07, 6.45) is 2.64. The van der Waals surface area contributed by atoms with Crippen molar-refractivity contribution in [3.63, 3.8) is 0 Å². The Bertz CT molecular complexity index is 424. The SMILES string of the molecule is CS(=O)/C(=C/c1ccccc1Cl)C(=O)O. The van der Waals surface area contributed by atoms with Crippen LogP contribution in [0, 0.1) is 0 Å². The largest absolute Gasteiger partial charge is 0.477 e. The van der Waals surface area contributed by atoms with Crippen molar-refractivity contribution < 1.29 is 14.1 Å². The zero-order chi connectivity index (χ0) is 11.4. The number of halogens is 1. The number of benzene rings is 1. The van der Waals surface area contributed by atoms with Gasteiger partial charge in [-0.15, -0.1) is 0 Å². The third kappa shape index (κ3) is 3.18. The lowest BCUT2D eigenvalue weighted by Gasteiger charge is -2.00. The van der Waals surface area contributed by atoms with E-state index in [1.807, 2.05) is 0 Å². The first kappa shape index (κ1) is 11.9. The fraction of sp³-hybridized carbons (Fsp3) is 0.100. The minimum Gasteiger partial charge on any atom is -0.477 e. The van der Waals surface area contributed by atoms with Gasteiger partial charge in [0.2, 0.25) is 0 Å². The molecule has 1 rings (SSSR count). The van der Waals surface area contributed by atoms with Gasteiger partial charge in [0.1, 0.15) is 4.91 Å². The summed E-state index contributed by atoms with van der Waals surface area (Å²) in [5.74, 6) is -1.20. The van der Waals surface area contributed by atoms with E-state index in [2.05, 4.69) is 0 Å². The lowest BCUT2D eigenvalue weighted by molar-refractivity contribution is -0.131. The maximum Gasteiger partial charge on any atom is 0.344 e. The fourth-order valence-corrected chi connectivity index (χ4v) is 1.73. The summed E-state index contributed by atoms with van der Waals surface area (Å²) in [4.78, 5) is 10.6. The highest BCUT2D eigenvalue weighted by Crippen LogP contribution is 2.19. The molecule has 0 amide bonds. The van der Waals surface area contributed by atoms with E-state index in [9.17, 15) is 9.00 Å². The summed E-state index contributed by atoms with van der Waals surface area (Å²) in [6, 6.07) is 6.78. The van der Waals surface area contributed by atoms with Crippen molar-refractivity contribution in [2.24, 2.45) is 0 Å². The zero-order valence-electron chi connectivity index (χ0n) is 7.94. The number of carboxylic acids is 1. The Kier molecular flexibility index (Phi) is 4.05. The molecule has 0 radical (unpaired) electrons. The van der Waals surface area contributed by atoms with Crippen LogP contribution < -0.4 is 0 Å². The van der Waals surface area contributed by atoms with Crippen LogP contribution in [-0.4, -0.2) is 21.5 Å². The lowest BCUT2D eigenvalue weighted by Crippen LogP contribution is -2.05. The van der Waals surface area contributed by atoms with Crippen LogP contribution in [0.15, 0.2) is 29.2 Å². The molecule has 1 unspecified atom stereocenters. The van der Waals surface area contributed by atoms with Gasteiger partial charge in [0, 0.05) is 11.3 Å². The molecule has 1 aromatic carbocycles. The van der Waals surface area contributed by atoms with Crippen molar-refractivity contribution in [1.29, 1.82) is 0 Å². The molecule has 0 bridgehead atoms. The number of carbonyl (C=O) groups is 1. The van der Waals surface area contributed by atoms with Gasteiger partial charge in [-0.2, -0.15) is 0 Å². The maximum atomic E-state index is 11.1. The van der Waals surface area contributed by atoms with Crippen LogP contribution in [0.25, 0.3) is 6.08 Å². The summed E-state index contributed by atoms with van der Waals surface area (Å²) in [7, 11) is -1.54. The molecule has 0 spiro atoms. The Hall–Kier alpha value is -1.13. The van der Waals surface area contributed by atoms with Gasteiger partial charge in [-0.05, 0) is 17.7 Å². The monoisotopic (exact) mass is 244 g/mol. The number of hydrogen-bond acceptors (Lipinski definition) is 2. The van der Waals surface area contributed by atoms with E-state index >= 15 is 0 Å². The third-order valence-electron chi connectivity index (χ3n) is 1.71. The van der Waals surface area contributed by atoms with Crippen LogP contribution in [0.5, 0.6) is 0 Å². The van der Waals surface area contributed by atoms with Crippen molar-refractivity contribution >= 4 is 34.4 Å².